The lowest BCUT2D eigenvalue weighted by atomic mass is 10.1. The van der Waals surface area contributed by atoms with Crippen LogP contribution in [0.3, 0.4) is 0 Å². The average molecular weight is 326 g/mol. The number of hydrogen-bond donors (Lipinski definition) is 0. The predicted molar refractivity (Wildman–Crippen MR) is 84.9 cm³/mol. The summed E-state index contributed by atoms with van der Waals surface area (Å²) in [6.45, 7) is 2.03. The summed E-state index contributed by atoms with van der Waals surface area (Å²) in [5, 5.41) is 1.04. The molecule has 20 heavy (non-hydrogen) atoms. The number of benzene rings is 1. The monoisotopic (exact) mass is 324 g/mol. The van der Waals surface area contributed by atoms with Gasteiger partial charge < -0.3 is 4.40 Å². The third-order valence-electron chi connectivity index (χ3n) is 3.26. The van der Waals surface area contributed by atoms with Crippen LogP contribution in [0.1, 0.15) is 11.3 Å². The van der Waals surface area contributed by atoms with Gasteiger partial charge in [-0.1, -0.05) is 35.3 Å². The molecule has 2 nitrogen and oxygen atoms in total. The van der Waals surface area contributed by atoms with E-state index in [1.807, 2.05) is 41.8 Å². The van der Waals surface area contributed by atoms with Gasteiger partial charge in [0.05, 0.1) is 27.3 Å². The van der Waals surface area contributed by atoms with Gasteiger partial charge >= 0.3 is 0 Å². The second-order valence-electron chi connectivity index (χ2n) is 4.55. The van der Waals surface area contributed by atoms with Gasteiger partial charge in [0.1, 0.15) is 5.65 Å². The van der Waals surface area contributed by atoms with Crippen molar-refractivity contribution < 1.29 is 0 Å². The zero-order valence-electron chi connectivity index (χ0n) is 10.7. The first-order valence-corrected chi connectivity index (χ1v) is 7.39. The fourth-order valence-electron chi connectivity index (χ4n) is 2.26. The molecule has 0 aliphatic rings. The summed E-state index contributed by atoms with van der Waals surface area (Å²) in [5.74, 6) is 0.375. The van der Waals surface area contributed by atoms with Crippen LogP contribution in [0.4, 0.5) is 0 Å². The minimum atomic E-state index is 0.375. The standard InChI is InChI=1S/C15H11Cl3N2/c1-9-3-2-6-20-13(8-16)14(19-15(9)20)10-4-5-11(17)12(18)7-10/h2-7H,8H2,1H3. The lowest BCUT2D eigenvalue weighted by Gasteiger charge is -2.03. The molecule has 0 saturated carbocycles. The molecule has 0 amide bonds. The number of aryl methyl sites for hydroxylation is 1. The van der Waals surface area contributed by atoms with E-state index in [-0.39, 0.29) is 0 Å². The Kier molecular flexibility index (Phi) is 3.63. The number of imidazole rings is 1. The van der Waals surface area contributed by atoms with Gasteiger partial charge in [0, 0.05) is 11.8 Å². The largest absolute Gasteiger partial charge is 0.302 e. The predicted octanol–water partition coefficient (Wildman–Crippen LogP) is 5.36. The lowest BCUT2D eigenvalue weighted by Crippen LogP contribution is -1.92. The molecular formula is C15H11Cl3N2. The Morgan fingerprint density at radius 3 is 2.65 bits per heavy atom. The maximum absolute atomic E-state index is 6.11. The van der Waals surface area contributed by atoms with Crippen LogP contribution in [-0.4, -0.2) is 9.38 Å². The summed E-state index contributed by atoms with van der Waals surface area (Å²) in [5.41, 5.74) is 4.71. The van der Waals surface area contributed by atoms with Crippen LogP contribution >= 0.6 is 34.8 Å². The van der Waals surface area contributed by atoms with Gasteiger partial charge in [-0.3, -0.25) is 0 Å². The van der Waals surface area contributed by atoms with Gasteiger partial charge in [0.25, 0.3) is 0 Å². The number of pyridine rings is 1. The normalized spacial score (nSPS) is 11.2. The van der Waals surface area contributed by atoms with Gasteiger partial charge in [0.15, 0.2) is 0 Å². The van der Waals surface area contributed by atoms with E-state index in [1.165, 1.54) is 0 Å². The van der Waals surface area contributed by atoms with Crippen molar-refractivity contribution in [3.8, 4) is 11.3 Å². The molecule has 0 fully saturated rings. The van der Waals surface area contributed by atoms with Crippen LogP contribution < -0.4 is 0 Å². The molecule has 2 heterocycles. The van der Waals surface area contributed by atoms with Gasteiger partial charge in [-0.2, -0.15) is 0 Å². The Morgan fingerprint density at radius 2 is 1.95 bits per heavy atom. The highest BCUT2D eigenvalue weighted by Gasteiger charge is 2.15. The highest BCUT2D eigenvalue weighted by atomic mass is 35.5. The smallest absolute Gasteiger partial charge is 0.140 e. The van der Waals surface area contributed by atoms with Crippen molar-refractivity contribution in [2.75, 3.05) is 0 Å². The molecule has 3 aromatic rings. The Balaban J connectivity index is 2.30. The van der Waals surface area contributed by atoms with Crippen molar-refractivity contribution in [2.24, 2.45) is 0 Å². The van der Waals surface area contributed by atoms with Gasteiger partial charge in [-0.05, 0) is 30.7 Å². The molecule has 5 heteroatoms. The number of hydrogen-bond acceptors (Lipinski definition) is 1. The maximum Gasteiger partial charge on any atom is 0.140 e. The SMILES string of the molecule is Cc1cccn2c(CCl)c(-c3ccc(Cl)c(Cl)c3)nc12. The van der Waals surface area contributed by atoms with Crippen molar-refractivity contribution in [2.45, 2.75) is 12.8 Å². The number of rotatable bonds is 2. The fourth-order valence-corrected chi connectivity index (χ4v) is 2.81. The van der Waals surface area contributed by atoms with Crippen molar-refractivity contribution in [1.29, 1.82) is 0 Å². The zero-order valence-corrected chi connectivity index (χ0v) is 13.0. The highest BCUT2D eigenvalue weighted by Crippen LogP contribution is 2.31. The third kappa shape index (κ3) is 2.18. The Hall–Kier alpha value is -1.22. The van der Waals surface area contributed by atoms with Gasteiger partial charge in [-0.15, -0.1) is 11.6 Å². The molecule has 0 saturated heterocycles. The third-order valence-corrected chi connectivity index (χ3v) is 4.26. The molecule has 0 radical (unpaired) electrons. The van der Waals surface area contributed by atoms with E-state index in [4.69, 9.17) is 39.8 Å². The van der Waals surface area contributed by atoms with Crippen molar-refractivity contribution >= 4 is 40.4 Å². The summed E-state index contributed by atoms with van der Waals surface area (Å²) in [6, 6.07) is 9.50. The molecule has 102 valence electrons. The van der Waals surface area contributed by atoms with E-state index in [0.717, 1.165) is 28.2 Å². The Morgan fingerprint density at radius 1 is 1.15 bits per heavy atom. The maximum atomic E-state index is 6.11. The molecule has 2 aromatic heterocycles. The molecular weight excluding hydrogens is 315 g/mol. The van der Waals surface area contributed by atoms with Gasteiger partial charge in [-0.25, -0.2) is 4.98 Å². The summed E-state index contributed by atoms with van der Waals surface area (Å²) in [7, 11) is 0. The number of aromatic nitrogens is 2. The molecule has 0 spiro atoms. The molecule has 0 bridgehead atoms. The molecule has 0 aliphatic heterocycles. The van der Waals surface area contributed by atoms with Crippen LogP contribution in [0.2, 0.25) is 10.0 Å². The average Bonchev–Trinajstić information content (AvgIpc) is 2.82. The van der Waals surface area contributed by atoms with E-state index in [2.05, 4.69) is 0 Å². The topological polar surface area (TPSA) is 17.3 Å². The molecule has 0 N–H and O–H groups in total. The first kappa shape index (κ1) is 13.7. The molecule has 0 unspecified atom stereocenters. The second-order valence-corrected chi connectivity index (χ2v) is 5.64. The van der Waals surface area contributed by atoms with Crippen LogP contribution in [0.25, 0.3) is 16.9 Å². The van der Waals surface area contributed by atoms with Crippen LogP contribution in [0, 0.1) is 6.92 Å². The van der Waals surface area contributed by atoms with Gasteiger partial charge in [0.2, 0.25) is 0 Å². The molecule has 1 aromatic carbocycles. The highest BCUT2D eigenvalue weighted by molar-refractivity contribution is 6.42. The summed E-state index contributed by atoms with van der Waals surface area (Å²) < 4.78 is 2.01. The molecule has 0 aliphatic carbocycles. The van der Waals surface area contributed by atoms with E-state index >= 15 is 0 Å². The van der Waals surface area contributed by atoms with Crippen LogP contribution in [0.5, 0.6) is 0 Å². The van der Waals surface area contributed by atoms with Crippen molar-refractivity contribution in [1.82, 2.24) is 9.38 Å². The second kappa shape index (κ2) is 5.28. The van der Waals surface area contributed by atoms with Crippen molar-refractivity contribution in [3.63, 3.8) is 0 Å². The Labute approximate surface area is 131 Å². The Bertz CT molecular complexity index is 793. The number of fused-ring (bicyclic) bond motifs is 1. The van der Waals surface area contributed by atoms with Crippen molar-refractivity contribution in [3.05, 3.63) is 57.8 Å². The number of halogens is 3. The van der Waals surface area contributed by atoms with E-state index in [1.54, 1.807) is 6.07 Å². The minimum Gasteiger partial charge on any atom is -0.302 e. The van der Waals surface area contributed by atoms with E-state index in [0.29, 0.717) is 15.9 Å². The molecule has 3 rings (SSSR count). The summed E-state index contributed by atoms with van der Waals surface area (Å²) in [6.07, 6.45) is 1.97. The van der Waals surface area contributed by atoms with Crippen LogP contribution in [-0.2, 0) is 5.88 Å². The first-order valence-electron chi connectivity index (χ1n) is 6.09. The fraction of sp³-hybridized carbons (Fsp3) is 0.133. The summed E-state index contributed by atoms with van der Waals surface area (Å²) >= 11 is 18.2. The molecule has 0 atom stereocenters. The lowest BCUT2D eigenvalue weighted by molar-refractivity contribution is 1.08. The first-order chi connectivity index (χ1) is 9.61. The van der Waals surface area contributed by atoms with E-state index in [9.17, 15) is 0 Å². The zero-order chi connectivity index (χ0) is 14.3. The summed E-state index contributed by atoms with van der Waals surface area (Å²) in [4.78, 5) is 4.70. The number of alkyl halides is 1. The quantitative estimate of drug-likeness (QED) is 0.580. The number of nitrogens with zero attached hydrogens (tertiary/aromatic N) is 2. The van der Waals surface area contributed by atoms with E-state index < -0.39 is 0 Å². The van der Waals surface area contributed by atoms with Crippen LogP contribution in [0.15, 0.2) is 36.5 Å². The minimum absolute atomic E-state index is 0.375.